The molecule has 0 spiro atoms. The van der Waals surface area contributed by atoms with Gasteiger partial charge in [0.15, 0.2) is 0 Å². The summed E-state index contributed by atoms with van der Waals surface area (Å²) in [6, 6.07) is 18.1. The molecule has 7 heteroatoms. The summed E-state index contributed by atoms with van der Waals surface area (Å²) in [7, 11) is 0. The first-order valence-electron chi connectivity index (χ1n) is 8.48. The Hall–Kier alpha value is -2.64. The van der Waals surface area contributed by atoms with Crippen molar-refractivity contribution in [3.05, 3.63) is 65.5 Å². The maximum absolute atomic E-state index is 12.4. The SMILES string of the molecule is C[C@@H](NC(=O)CSc1nnc(-c2cccs2)o1)c1cccc2ccccc12. The van der Waals surface area contributed by atoms with Gasteiger partial charge in [0.2, 0.25) is 5.91 Å². The van der Waals surface area contributed by atoms with Crippen LogP contribution >= 0.6 is 23.1 Å². The molecule has 27 heavy (non-hydrogen) atoms. The van der Waals surface area contributed by atoms with Crippen LogP contribution in [0.15, 0.2) is 69.6 Å². The molecule has 0 unspecified atom stereocenters. The first-order valence-corrected chi connectivity index (χ1v) is 10.3. The van der Waals surface area contributed by atoms with Crippen molar-refractivity contribution < 1.29 is 9.21 Å². The summed E-state index contributed by atoms with van der Waals surface area (Å²) in [5.41, 5.74) is 1.10. The molecule has 0 aliphatic carbocycles. The van der Waals surface area contributed by atoms with E-state index in [-0.39, 0.29) is 17.7 Å². The molecule has 1 amide bonds. The van der Waals surface area contributed by atoms with Crippen LogP contribution in [0.5, 0.6) is 0 Å². The number of nitrogens with zero attached hydrogens (tertiary/aromatic N) is 2. The highest BCUT2D eigenvalue weighted by Crippen LogP contribution is 2.27. The number of benzene rings is 2. The monoisotopic (exact) mass is 395 g/mol. The first-order chi connectivity index (χ1) is 13.2. The molecule has 0 aliphatic rings. The lowest BCUT2D eigenvalue weighted by Gasteiger charge is -2.16. The summed E-state index contributed by atoms with van der Waals surface area (Å²) < 4.78 is 5.60. The average molecular weight is 396 g/mol. The van der Waals surface area contributed by atoms with Crippen molar-refractivity contribution in [2.75, 3.05) is 5.75 Å². The fourth-order valence-electron chi connectivity index (χ4n) is 2.88. The molecule has 0 saturated carbocycles. The Kier molecular flexibility index (Phi) is 5.22. The number of thioether (sulfide) groups is 1. The zero-order valence-electron chi connectivity index (χ0n) is 14.6. The van der Waals surface area contributed by atoms with Gasteiger partial charge in [0.25, 0.3) is 11.1 Å². The Morgan fingerprint density at radius 1 is 1.15 bits per heavy atom. The molecule has 4 rings (SSSR count). The van der Waals surface area contributed by atoms with Gasteiger partial charge in [-0.3, -0.25) is 4.79 Å². The molecule has 1 atom stereocenters. The molecule has 0 fully saturated rings. The van der Waals surface area contributed by atoms with E-state index in [1.54, 1.807) is 0 Å². The summed E-state index contributed by atoms with van der Waals surface area (Å²) in [4.78, 5) is 13.3. The number of carbonyl (C=O) groups excluding carboxylic acids is 1. The third kappa shape index (κ3) is 4.04. The van der Waals surface area contributed by atoms with Gasteiger partial charge in [-0.05, 0) is 34.7 Å². The van der Waals surface area contributed by atoms with Crippen LogP contribution in [-0.2, 0) is 4.79 Å². The molecule has 0 aliphatic heterocycles. The number of amides is 1. The third-order valence-corrected chi connectivity index (χ3v) is 5.81. The minimum absolute atomic E-state index is 0.0729. The van der Waals surface area contributed by atoms with E-state index < -0.39 is 0 Å². The zero-order valence-corrected chi connectivity index (χ0v) is 16.2. The lowest BCUT2D eigenvalue weighted by molar-refractivity contribution is -0.119. The first kappa shape index (κ1) is 17.8. The van der Waals surface area contributed by atoms with Gasteiger partial charge in [0.05, 0.1) is 16.7 Å². The lowest BCUT2D eigenvalue weighted by Crippen LogP contribution is -2.28. The maximum atomic E-state index is 12.4. The summed E-state index contributed by atoms with van der Waals surface area (Å²) in [6.45, 7) is 1.99. The van der Waals surface area contributed by atoms with Gasteiger partial charge < -0.3 is 9.73 Å². The van der Waals surface area contributed by atoms with Gasteiger partial charge in [-0.2, -0.15) is 0 Å². The number of hydrogen-bond acceptors (Lipinski definition) is 6. The van der Waals surface area contributed by atoms with Crippen LogP contribution in [0.4, 0.5) is 0 Å². The smallest absolute Gasteiger partial charge is 0.277 e. The number of thiophene rings is 1. The van der Waals surface area contributed by atoms with Gasteiger partial charge in [-0.1, -0.05) is 60.3 Å². The van der Waals surface area contributed by atoms with Crippen LogP contribution in [0.2, 0.25) is 0 Å². The fraction of sp³-hybridized carbons (Fsp3) is 0.150. The van der Waals surface area contributed by atoms with Crippen molar-refractivity contribution in [2.45, 2.75) is 18.2 Å². The second-order valence-corrected chi connectivity index (χ2v) is 7.87. The van der Waals surface area contributed by atoms with Gasteiger partial charge in [-0.15, -0.1) is 21.5 Å². The molecule has 136 valence electrons. The van der Waals surface area contributed by atoms with Crippen LogP contribution in [0.3, 0.4) is 0 Å². The minimum Gasteiger partial charge on any atom is -0.410 e. The summed E-state index contributed by atoms with van der Waals surface area (Å²) in [5, 5.41) is 15.7. The Morgan fingerprint density at radius 3 is 2.85 bits per heavy atom. The van der Waals surface area contributed by atoms with E-state index >= 15 is 0 Å². The predicted octanol–water partition coefficient (Wildman–Crippen LogP) is 4.92. The van der Waals surface area contributed by atoms with Crippen molar-refractivity contribution in [1.82, 2.24) is 15.5 Å². The van der Waals surface area contributed by atoms with Crippen molar-refractivity contribution in [3.8, 4) is 10.8 Å². The topological polar surface area (TPSA) is 68.0 Å². The van der Waals surface area contributed by atoms with E-state index in [1.165, 1.54) is 23.1 Å². The molecule has 2 aromatic heterocycles. The van der Waals surface area contributed by atoms with Gasteiger partial charge in [0.1, 0.15) is 0 Å². The van der Waals surface area contributed by atoms with Gasteiger partial charge in [0, 0.05) is 0 Å². The minimum atomic E-state index is -0.0893. The average Bonchev–Trinajstić information content (AvgIpc) is 3.37. The molecule has 0 saturated heterocycles. The highest BCUT2D eigenvalue weighted by Gasteiger charge is 2.15. The lowest BCUT2D eigenvalue weighted by atomic mass is 10.00. The van der Waals surface area contributed by atoms with Crippen LogP contribution in [0.25, 0.3) is 21.5 Å². The number of aromatic nitrogens is 2. The van der Waals surface area contributed by atoms with Crippen LogP contribution in [0.1, 0.15) is 18.5 Å². The molecule has 1 N–H and O–H groups in total. The number of hydrogen-bond donors (Lipinski definition) is 1. The number of rotatable bonds is 6. The molecule has 5 nitrogen and oxygen atoms in total. The Balaban J connectivity index is 1.38. The van der Waals surface area contributed by atoms with E-state index in [4.69, 9.17) is 4.42 Å². The Labute approximate surface area is 164 Å². The zero-order chi connectivity index (χ0) is 18.6. The van der Waals surface area contributed by atoms with E-state index in [0.717, 1.165) is 21.2 Å². The normalized spacial score (nSPS) is 12.2. The summed E-state index contributed by atoms with van der Waals surface area (Å²) >= 11 is 2.78. The molecular weight excluding hydrogens is 378 g/mol. The second kappa shape index (κ2) is 7.94. The standard InChI is InChI=1S/C20H17N3O2S2/c1-13(15-9-4-7-14-6-2-3-8-16(14)15)21-18(24)12-27-20-23-22-19(25-20)17-10-5-11-26-17/h2-11,13H,12H2,1H3,(H,21,24)/t13-/m1/s1. The number of carbonyl (C=O) groups is 1. The second-order valence-electron chi connectivity index (χ2n) is 6.00. The molecule has 2 aromatic carbocycles. The highest BCUT2D eigenvalue weighted by molar-refractivity contribution is 7.99. The van der Waals surface area contributed by atoms with Crippen LogP contribution < -0.4 is 5.32 Å². The molecular formula is C20H17N3O2S2. The molecule has 0 bridgehead atoms. The maximum Gasteiger partial charge on any atom is 0.277 e. The molecule has 4 aromatic rings. The van der Waals surface area contributed by atoms with Crippen molar-refractivity contribution in [3.63, 3.8) is 0 Å². The largest absolute Gasteiger partial charge is 0.410 e. The number of nitrogens with one attached hydrogen (secondary N) is 1. The highest BCUT2D eigenvalue weighted by atomic mass is 32.2. The quantitative estimate of drug-likeness (QED) is 0.469. The van der Waals surface area contributed by atoms with Crippen molar-refractivity contribution in [1.29, 1.82) is 0 Å². The van der Waals surface area contributed by atoms with E-state index in [9.17, 15) is 4.79 Å². The predicted molar refractivity (Wildman–Crippen MR) is 109 cm³/mol. The van der Waals surface area contributed by atoms with E-state index in [2.05, 4.69) is 33.7 Å². The molecule has 0 radical (unpaired) electrons. The Bertz CT molecular complexity index is 1050. The summed E-state index contributed by atoms with van der Waals surface area (Å²) in [5.74, 6) is 0.634. The summed E-state index contributed by atoms with van der Waals surface area (Å²) in [6.07, 6.45) is 0. The number of fused-ring (bicyclic) bond motifs is 1. The third-order valence-electron chi connectivity index (χ3n) is 4.13. The van der Waals surface area contributed by atoms with E-state index in [1.807, 2.05) is 48.7 Å². The van der Waals surface area contributed by atoms with E-state index in [0.29, 0.717) is 11.1 Å². The van der Waals surface area contributed by atoms with Crippen molar-refractivity contribution >= 4 is 39.8 Å². The van der Waals surface area contributed by atoms with Gasteiger partial charge >= 0.3 is 0 Å². The van der Waals surface area contributed by atoms with Crippen molar-refractivity contribution in [2.24, 2.45) is 0 Å². The molecule has 2 heterocycles. The van der Waals surface area contributed by atoms with Gasteiger partial charge in [-0.25, -0.2) is 0 Å². The van der Waals surface area contributed by atoms with Crippen LogP contribution in [-0.4, -0.2) is 21.9 Å². The van der Waals surface area contributed by atoms with Crippen LogP contribution in [0, 0.1) is 0 Å². The Morgan fingerprint density at radius 2 is 2.00 bits per heavy atom. The fourth-order valence-corrected chi connectivity index (χ4v) is 4.10.